The molecule has 0 saturated heterocycles. The van der Waals surface area contributed by atoms with Gasteiger partial charge < -0.3 is 4.90 Å². The van der Waals surface area contributed by atoms with Gasteiger partial charge in [-0.1, -0.05) is 48.6 Å². The summed E-state index contributed by atoms with van der Waals surface area (Å²) >= 11 is 0. The molecule has 0 bridgehead atoms. The molecule has 0 radical (unpaired) electrons. The standard InChI is InChI=1S/C30H35N2/c1-6-9-22-30(4)28(21-16-23-14-18-25(19-15-23)32(7-2)8-3)31(5)27-20-17-24-12-10-11-13-26(24)29(27)30/h6,9-21H,7-8,22H2,1-5H3/q+1/b9-6+. The normalized spacial score (nSPS) is 18.3. The summed E-state index contributed by atoms with van der Waals surface area (Å²) in [6.07, 6.45) is 10.0. The molecule has 0 aliphatic carbocycles. The van der Waals surface area contributed by atoms with Gasteiger partial charge in [-0.05, 0) is 74.7 Å². The van der Waals surface area contributed by atoms with Gasteiger partial charge in [0.2, 0.25) is 5.69 Å². The Labute approximate surface area is 193 Å². The Morgan fingerprint density at radius 3 is 2.31 bits per heavy atom. The first-order chi connectivity index (χ1) is 15.5. The molecule has 1 aliphatic heterocycles. The van der Waals surface area contributed by atoms with Crippen molar-refractivity contribution in [3.05, 3.63) is 90.0 Å². The van der Waals surface area contributed by atoms with Crippen molar-refractivity contribution in [2.45, 2.75) is 39.5 Å². The monoisotopic (exact) mass is 423 g/mol. The number of allylic oxidation sites excluding steroid dienone is 3. The van der Waals surface area contributed by atoms with E-state index in [1.807, 2.05) is 0 Å². The predicted octanol–water partition coefficient (Wildman–Crippen LogP) is 7.35. The van der Waals surface area contributed by atoms with Gasteiger partial charge in [-0.3, -0.25) is 0 Å². The van der Waals surface area contributed by atoms with Crippen LogP contribution in [0.1, 0.15) is 45.2 Å². The van der Waals surface area contributed by atoms with Gasteiger partial charge in [0, 0.05) is 36.5 Å². The summed E-state index contributed by atoms with van der Waals surface area (Å²) < 4.78 is 2.38. The van der Waals surface area contributed by atoms with Crippen LogP contribution in [0.4, 0.5) is 11.4 Å². The lowest BCUT2D eigenvalue weighted by molar-refractivity contribution is -0.401. The van der Waals surface area contributed by atoms with Gasteiger partial charge in [-0.2, -0.15) is 4.58 Å². The van der Waals surface area contributed by atoms with Crippen LogP contribution in [-0.2, 0) is 5.41 Å². The number of fused-ring (bicyclic) bond motifs is 3. The number of nitrogens with zero attached hydrogens (tertiary/aromatic N) is 2. The van der Waals surface area contributed by atoms with Crippen LogP contribution in [0.5, 0.6) is 0 Å². The quantitative estimate of drug-likeness (QED) is 0.284. The molecule has 164 valence electrons. The lowest BCUT2D eigenvalue weighted by atomic mass is 9.74. The summed E-state index contributed by atoms with van der Waals surface area (Å²) in [6, 6.07) is 22.2. The van der Waals surface area contributed by atoms with E-state index in [1.54, 1.807) is 0 Å². The number of hydrogen-bond donors (Lipinski definition) is 0. The average Bonchev–Trinajstić information content (AvgIpc) is 3.04. The number of anilines is 1. The molecule has 2 nitrogen and oxygen atoms in total. The van der Waals surface area contributed by atoms with Crippen molar-refractivity contribution >= 4 is 33.9 Å². The zero-order valence-electron chi connectivity index (χ0n) is 20.1. The smallest absolute Gasteiger partial charge is 0.210 e. The van der Waals surface area contributed by atoms with E-state index in [2.05, 4.69) is 129 Å². The fourth-order valence-corrected chi connectivity index (χ4v) is 5.16. The van der Waals surface area contributed by atoms with Gasteiger partial charge in [-0.15, -0.1) is 0 Å². The molecule has 4 rings (SSSR count). The van der Waals surface area contributed by atoms with Crippen molar-refractivity contribution in [2.75, 3.05) is 25.0 Å². The number of benzene rings is 3. The minimum Gasteiger partial charge on any atom is -0.372 e. The average molecular weight is 424 g/mol. The molecule has 0 N–H and O–H groups in total. The van der Waals surface area contributed by atoms with Crippen LogP contribution >= 0.6 is 0 Å². The molecule has 0 spiro atoms. The Bertz CT molecular complexity index is 1190. The highest BCUT2D eigenvalue weighted by molar-refractivity contribution is 6.09. The van der Waals surface area contributed by atoms with Crippen molar-refractivity contribution < 1.29 is 4.58 Å². The highest BCUT2D eigenvalue weighted by Crippen LogP contribution is 2.46. The summed E-state index contributed by atoms with van der Waals surface area (Å²) in [5, 5.41) is 2.67. The van der Waals surface area contributed by atoms with E-state index in [0.717, 1.165) is 19.5 Å². The van der Waals surface area contributed by atoms with E-state index in [9.17, 15) is 0 Å². The van der Waals surface area contributed by atoms with Gasteiger partial charge >= 0.3 is 0 Å². The summed E-state index contributed by atoms with van der Waals surface area (Å²) in [5.41, 5.74) is 6.54. The summed E-state index contributed by atoms with van der Waals surface area (Å²) in [5.74, 6) is 0. The molecule has 2 heteroatoms. The second-order valence-corrected chi connectivity index (χ2v) is 8.83. The van der Waals surface area contributed by atoms with E-state index < -0.39 is 0 Å². The van der Waals surface area contributed by atoms with E-state index >= 15 is 0 Å². The van der Waals surface area contributed by atoms with Crippen LogP contribution in [0.15, 0.2) is 78.9 Å². The minimum absolute atomic E-state index is 0.0743. The van der Waals surface area contributed by atoms with Crippen LogP contribution in [0, 0.1) is 0 Å². The van der Waals surface area contributed by atoms with Crippen LogP contribution in [0.25, 0.3) is 16.8 Å². The molecule has 1 heterocycles. The highest BCUT2D eigenvalue weighted by atomic mass is 15.1. The van der Waals surface area contributed by atoms with Crippen molar-refractivity contribution in [3.63, 3.8) is 0 Å². The van der Waals surface area contributed by atoms with Crippen LogP contribution in [0.2, 0.25) is 0 Å². The summed E-state index contributed by atoms with van der Waals surface area (Å²) in [4.78, 5) is 2.38. The Balaban J connectivity index is 1.75. The van der Waals surface area contributed by atoms with Gasteiger partial charge in [0.25, 0.3) is 0 Å². The Kier molecular flexibility index (Phi) is 6.32. The predicted molar refractivity (Wildman–Crippen MR) is 141 cm³/mol. The molecular formula is C30H35N2+. The van der Waals surface area contributed by atoms with Gasteiger partial charge in [-0.25, -0.2) is 0 Å². The molecule has 3 aromatic rings. The van der Waals surface area contributed by atoms with Crippen molar-refractivity contribution in [1.82, 2.24) is 0 Å². The van der Waals surface area contributed by atoms with Crippen molar-refractivity contribution in [1.29, 1.82) is 0 Å². The topological polar surface area (TPSA) is 6.25 Å². The Morgan fingerprint density at radius 2 is 1.62 bits per heavy atom. The molecule has 0 amide bonds. The van der Waals surface area contributed by atoms with Crippen LogP contribution < -0.4 is 4.90 Å². The van der Waals surface area contributed by atoms with Crippen LogP contribution in [0.3, 0.4) is 0 Å². The maximum absolute atomic E-state index is 2.39. The van der Waals surface area contributed by atoms with Crippen molar-refractivity contribution in [3.8, 4) is 0 Å². The molecular weight excluding hydrogens is 388 g/mol. The molecule has 0 fully saturated rings. The molecule has 0 aromatic heterocycles. The molecule has 1 aliphatic rings. The second kappa shape index (κ2) is 9.16. The first kappa shape index (κ1) is 22.1. The first-order valence-corrected chi connectivity index (χ1v) is 11.8. The summed E-state index contributed by atoms with van der Waals surface area (Å²) in [6.45, 7) is 11.0. The van der Waals surface area contributed by atoms with Gasteiger partial charge in [0.05, 0.1) is 5.41 Å². The Morgan fingerprint density at radius 1 is 0.906 bits per heavy atom. The van der Waals surface area contributed by atoms with Gasteiger partial charge in [0.15, 0.2) is 5.71 Å². The molecule has 1 atom stereocenters. The molecule has 32 heavy (non-hydrogen) atoms. The van der Waals surface area contributed by atoms with E-state index in [1.165, 1.54) is 39.0 Å². The van der Waals surface area contributed by atoms with E-state index in [4.69, 9.17) is 0 Å². The fraction of sp³-hybridized carbons (Fsp3) is 0.300. The Hall–Kier alpha value is -3.13. The van der Waals surface area contributed by atoms with Gasteiger partial charge in [0.1, 0.15) is 7.05 Å². The maximum Gasteiger partial charge on any atom is 0.210 e. The third-order valence-electron chi connectivity index (χ3n) is 6.96. The fourth-order valence-electron chi connectivity index (χ4n) is 5.16. The third-order valence-corrected chi connectivity index (χ3v) is 6.96. The SMILES string of the molecule is C/C=C/CC1(C)C(/C=C/c2ccc(N(CC)CC)cc2)=[N+](C)c2ccc3ccccc3c21. The second-order valence-electron chi connectivity index (χ2n) is 8.83. The third kappa shape index (κ3) is 3.79. The molecule has 3 aromatic carbocycles. The van der Waals surface area contributed by atoms with Crippen LogP contribution in [-0.4, -0.2) is 30.4 Å². The van der Waals surface area contributed by atoms with Crippen molar-refractivity contribution in [2.24, 2.45) is 0 Å². The number of hydrogen-bond acceptors (Lipinski definition) is 1. The maximum atomic E-state index is 2.39. The summed E-state index contributed by atoms with van der Waals surface area (Å²) in [7, 11) is 2.21. The zero-order chi connectivity index (χ0) is 22.7. The minimum atomic E-state index is -0.0743. The first-order valence-electron chi connectivity index (χ1n) is 11.8. The zero-order valence-corrected chi connectivity index (χ0v) is 20.1. The van der Waals surface area contributed by atoms with E-state index in [-0.39, 0.29) is 5.41 Å². The highest BCUT2D eigenvalue weighted by Gasteiger charge is 2.46. The lowest BCUT2D eigenvalue weighted by Crippen LogP contribution is -2.30. The van der Waals surface area contributed by atoms with E-state index in [0.29, 0.717) is 0 Å². The molecule has 1 unspecified atom stereocenters. The largest absolute Gasteiger partial charge is 0.372 e. The number of rotatable bonds is 7. The molecule has 0 saturated carbocycles. The lowest BCUT2D eigenvalue weighted by Gasteiger charge is -2.22.